The fourth-order valence-electron chi connectivity index (χ4n) is 2.82. The van der Waals surface area contributed by atoms with Gasteiger partial charge in [-0.1, -0.05) is 26.0 Å². The molecule has 4 heteroatoms. The summed E-state index contributed by atoms with van der Waals surface area (Å²) < 4.78 is 5.76. The van der Waals surface area contributed by atoms with Crippen LogP contribution in [0.5, 0.6) is 0 Å². The second kappa shape index (κ2) is 7.57. The highest BCUT2D eigenvalue weighted by molar-refractivity contribution is 5.91. The zero-order chi connectivity index (χ0) is 15.2. The van der Waals surface area contributed by atoms with E-state index in [0.717, 1.165) is 30.0 Å². The zero-order valence-corrected chi connectivity index (χ0v) is 13.0. The second-order valence-corrected chi connectivity index (χ2v) is 6.15. The van der Waals surface area contributed by atoms with Crippen molar-refractivity contribution >= 4 is 11.6 Å². The van der Waals surface area contributed by atoms with E-state index in [1.54, 1.807) is 0 Å². The highest BCUT2D eigenvalue weighted by Crippen LogP contribution is 2.30. The van der Waals surface area contributed by atoms with Crippen LogP contribution in [0.1, 0.15) is 38.7 Å². The molecule has 1 amide bonds. The van der Waals surface area contributed by atoms with Gasteiger partial charge in [0.1, 0.15) is 6.61 Å². The average molecular weight is 290 g/mol. The summed E-state index contributed by atoms with van der Waals surface area (Å²) in [5.74, 6) is 1.33. The summed E-state index contributed by atoms with van der Waals surface area (Å²) in [5, 5.41) is 2.86. The quantitative estimate of drug-likeness (QED) is 0.876. The smallest absolute Gasteiger partial charge is 0.250 e. The highest BCUT2D eigenvalue weighted by atomic mass is 16.5. The molecule has 0 heterocycles. The number of carbonyl (C=O) groups excluding carboxylic acids is 1. The molecule has 0 aliphatic heterocycles. The number of nitrogens with one attached hydrogen (secondary N) is 1. The molecule has 0 spiro atoms. The summed E-state index contributed by atoms with van der Waals surface area (Å²) in [5.41, 5.74) is 7.37. The first-order valence-corrected chi connectivity index (χ1v) is 7.79. The molecule has 4 nitrogen and oxygen atoms in total. The van der Waals surface area contributed by atoms with Gasteiger partial charge in [0, 0.05) is 12.2 Å². The highest BCUT2D eigenvalue weighted by Gasteiger charge is 2.25. The maximum Gasteiger partial charge on any atom is 0.250 e. The lowest BCUT2D eigenvalue weighted by molar-refractivity contribution is -0.123. The van der Waals surface area contributed by atoms with Crippen LogP contribution in [-0.2, 0) is 16.1 Å². The van der Waals surface area contributed by atoms with Crippen LogP contribution in [0.4, 0.5) is 5.69 Å². The number of rotatable bonds is 5. The van der Waals surface area contributed by atoms with Crippen LogP contribution in [0.2, 0.25) is 0 Å². The second-order valence-electron chi connectivity index (χ2n) is 6.15. The zero-order valence-electron chi connectivity index (χ0n) is 13.0. The largest absolute Gasteiger partial charge is 0.368 e. The molecule has 0 radical (unpaired) electrons. The van der Waals surface area contributed by atoms with E-state index < -0.39 is 0 Å². The maximum absolute atomic E-state index is 11.9. The number of hydrogen-bond acceptors (Lipinski definition) is 3. The molecule has 2 rings (SSSR count). The monoisotopic (exact) mass is 290 g/mol. The summed E-state index contributed by atoms with van der Waals surface area (Å²) in [6.07, 6.45) is 3.52. The Hall–Kier alpha value is -1.39. The first-order chi connectivity index (χ1) is 10.1. The Kier molecular flexibility index (Phi) is 5.76. The van der Waals surface area contributed by atoms with Crippen molar-refractivity contribution in [3.8, 4) is 0 Å². The van der Waals surface area contributed by atoms with Crippen molar-refractivity contribution in [1.29, 1.82) is 0 Å². The molecule has 1 aliphatic carbocycles. The molecule has 3 atom stereocenters. The van der Waals surface area contributed by atoms with E-state index >= 15 is 0 Å². The maximum atomic E-state index is 11.9. The Balaban J connectivity index is 1.77. The Morgan fingerprint density at radius 2 is 2.14 bits per heavy atom. The molecule has 1 aromatic carbocycles. The number of nitrogens with two attached hydrogens (primary N) is 1. The molecule has 21 heavy (non-hydrogen) atoms. The van der Waals surface area contributed by atoms with Gasteiger partial charge in [-0.2, -0.15) is 0 Å². The van der Waals surface area contributed by atoms with Crippen molar-refractivity contribution in [2.24, 2.45) is 17.6 Å². The van der Waals surface area contributed by atoms with E-state index in [-0.39, 0.29) is 18.6 Å². The molecule has 3 unspecified atom stereocenters. The van der Waals surface area contributed by atoms with Crippen LogP contribution in [-0.4, -0.2) is 18.6 Å². The average Bonchev–Trinajstić information content (AvgIpc) is 2.48. The Morgan fingerprint density at radius 1 is 1.33 bits per heavy atom. The van der Waals surface area contributed by atoms with Crippen LogP contribution < -0.4 is 11.1 Å². The number of hydrogen-bond donors (Lipinski definition) is 2. The number of benzene rings is 1. The summed E-state index contributed by atoms with van der Waals surface area (Å²) in [6.45, 7) is 5.15. The summed E-state index contributed by atoms with van der Waals surface area (Å²) in [7, 11) is 0. The van der Waals surface area contributed by atoms with Gasteiger partial charge in [-0.3, -0.25) is 4.79 Å². The predicted molar refractivity (Wildman–Crippen MR) is 84.9 cm³/mol. The lowest BCUT2D eigenvalue weighted by atomic mass is 9.80. The molecular weight excluding hydrogens is 264 g/mol. The van der Waals surface area contributed by atoms with Crippen LogP contribution in [0.25, 0.3) is 0 Å². The van der Waals surface area contributed by atoms with Crippen molar-refractivity contribution in [3.05, 3.63) is 29.8 Å². The lowest BCUT2D eigenvalue weighted by Crippen LogP contribution is -2.29. The third-order valence-electron chi connectivity index (χ3n) is 4.45. The van der Waals surface area contributed by atoms with Crippen molar-refractivity contribution in [2.75, 3.05) is 11.9 Å². The minimum Gasteiger partial charge on any atom is -0.368 e. The van der Waals surface area contributed by atoms with E-state index in [1.807, 2.05) is 24.3 Å². The van der Waals surface area contributed by atoms with Gasteiger partial charge in [-0.05, 0) is 48.8 Å². The molecule has 0 aromatic heterocycles. The Morgan fingerprint density at radius 3 is 2.86 bits per heavy atom. The van der Waals surface area contributed by atoms with E-state index in [0.29, 0.717) is 12.5 Å². The summed E-state index contributed by atoms with van der Waals surface area (Å²) in [6, 6.07) is 7.59. The van der Waals surface area contributed by atoms with Crippen molar-refractivity contribution in [1.82, 2.24) is 0 Å². The first kappa shape index (κ1) is 16.0. The Labute approximate surface area is 127 Å². The van der Waals surface area contributed by atoms with Crippen LogP contribution in [0, 0.1) is 11.8 Å². The van der Waals surface area contributed by atoms with Crippen molar-refractivity contribution in [2.45, 2.75) is 45.8 Å². The molecule has 1 aromatic rings. The third-order valence-corrected chi connectivity index (χ3v) is 4.45. The van der Waals surface area contributed by atoms with Crippen LogP contribution >= 0.6 is 0 Å². The summed E-state index contributed by atoms with van der Waals surface area (Å²) in [4.78, 5) is 11.9. The first-order valence-electron chi connectivity index (χ1n) is 7.79. The van der Waals surface area contributed by atoms with Gasteiger partial charge in [0.05, 0.1) is 6.10 Å². The van der Waals surface area contributed by atoms with E-state index in [2.05, 4.69) is 19.2 Å². The number of amides is 1. The standard InChI is InChI=1S/C17H26N2O2/c1-12-6-7-16(8-13(12)2)21-11-17(20)19-15-5-3-4-14(9-15)10-18/h3-5,9,12-13,16H,6-8,10-11,18H2,1-2H3,(H,19,20). The van der Waals surface area contributed by atoms with E-state index in [4.69, 9.17) is 10.5 Å². The van der Waals surface area contributed by atoms with E-state index in [1.165, 1.54) is 6.42 Å². The van der Waals surface area contributed by atoms with E-state index in [9.17, 15) is 4.79 Å². The fraction of sp³-hybridized carbons (Fsp3) is 0.588. The number of ether oxygens (including phenoxy) is 1. The summed E-state index contributed by atoms with van der Waals surface area (Å²) >= 11 is 0. The molecule has 0 saturated heterocycles. The van der Waals surface area contributed by atoms with Crippen LogP contribution in [0.3, 0.4) is 0 Å². The van der Waals surface area contributed by atoms with Crippen LogP contribution in [0.15, 0.2) is 24.3 Å². The Bertz CT molecular complexity index is 476. The SMILES string of the molecule is CC1CCC(OCC(=O)Nc2cccc(CN)c2)CC1C. The molecular formula is C17H26N2O2. The van der Waals surface area contributed by atoms with Gasteiger partial charge >= 0.3 is 0 Å². The fourth-order valence-corrected chi connectivity index (χ4v) is 2.82. The topological polar surface area (TPSA) is 64.3 Å². The van der Waals surface area contributed by atoms with Gasteiger partial charge in [0.25, 0.3) is 0 Å². The van der Waals surface area contributed by atoms with Crippen molar-refractivity contribution < 1.29 is 9.53 Å². The molecule has 0 bridgehead atoms. The molecule has 3 N–H and O–H groups in total. The molecule has 1 saturated carbocycles. The van der Waals surface area contributed by atoms with Gasteiger partial charge in [0.15, 0.2) is 0 Å². The number of anilines is 1. The van der Waals surface area contributed by atoms with Crippen molar-refractivity contribution in [3.63, 3.8) is 0 Å². The van der Waals surface area contributed by atoms with Gasteiger partial charge in [-0.25, -0.2) is 0 Å². The molecule has 116 valence electrons. The lowest BCUT2D eigenvalue weighted by Gasteiger charge is -2.31. The number of carbonyl (C=O) groups is 1. The third kappa shape index (κ3) is 4.83. The predicted octanol–water partition coefficient (Wildman–Crippen LogP) is 2.93. The van der Waals surface area contributed by atoms with Gasteiger partial charge in [0.2, 0.25) is 5.91 Å². The van der Waals surface area contributed by atoms with Gasteiger partial charge < -0.3 is 15.8 Å². The minimum atomic E-state index is -0.101. The minimum absolute atomic E-state index is 0.101. The molecule has 1 aliphatic rings. The normalized spacial score (nSPS) is 25.6. The van der Waals surface area contributed by atoms with Gasteiger partial charge in [-0.15, -0.1) is 0 Å². The molecule has 1 fully saturated rings.